The van der Waals surface area contributed by atoms with E-state index in [0.717, 1.165) is 25.7 Å². The zero-order valence-electron chi connectivity index (χ0n) is 8.80. The summed E-state index contributed by atoms with van der Waals surface area (Å²) in [6.07, 6.45) is 3.71. The fourth-order valence-electron chi connectivity index (χ4n) is 2.20. The van der Waals surface area contributed by atoms with Crippen LogP contribution in [0.1, 0.15) is 46.5 Å². The minimum atomic E-state index is -0.854. The lowest BCUT2D eigenvalue weighted by Gasteiger charge is -2.37. The van der Waals surface area contributed by atoms with Crippen molar-refractivity contribution >= 4 is 5.97 Å². The van der Waals surface area contributed by atoms with E-state index in [1.807, 2.05) is 0 Å². The topological polar surface area (TPSA) is 40.1 Å². The quantitative estimate of drug-likeness (QED) is 0.619. The van der Waals surface area contributed by atoms with Crippen LogP contribution in [0, 0.1) is 17.3 Å². The van der Waals surface area contributed by atoms with Crippen LogP contribution in [-0.4, -0.2) is 5.97 Å². The molecule has 0 aromatic carbocycles. The number of rotatable bonds is 1. The number of carboxylic acid groups (broad SMARTS) is 1. The molecule has 1 aliphatic carbocycles. The van der Waals surface area contributed by atoms with E-state index in [2.05, 4.69) is 20.8 Å². The largest absolute Gasteiger partial charge is 0.550 e. The van der Waals surface area contributed by atoms with Gasteiger partial charge in [-0.3, -0.25) is 0 Å². The van der Waals surface area contributed by atoms with Crippen molar-refractivity contribution in [1.29, 1.82) is 0 Å². The predicted molar refractivity (Wildman–Crippen MR) is 49.9 cm³/mol. The summed E-state index contributed by atoms with van der Waals surface area (Å²) < 4.78 is 0. The second-order valence-electron chi connectivity index (χ2n) is 5.23. The molecule has 0 radical (unpaired) electrons. The Morgan fingerprint density at radius 3 is 1.92 bits per heavy atom. The van der Waals surface area contributed by atoms with Crippen LogP contribution in [0.25, 0.3) is 0 Å². The number of carbonyl (C=O) groups excluding carboxylic acids is 1. The monoisotopic (exact) mass is 183 g/mol. The zero-order valence-corrected chi connectivity index (χ0v) is 8.80. The van der Waals surface area contributed by atoms with E-state index < -0.39 is 5.97 Å². The Labute approximate surface area is 80.3 Å². The van der Waals surface area contributed by atoms with Crippen molar-refractivity contribution in [2.45, 2.75) is 46.5 Å². The number of aliphatic carboxylic acids is 1. The molecule has 0 amide bonds. The van der Waals surface area contributed by atoms with Crippen LogP contribution >= 0.6 is 0 Å². The van der Waals surface area contributed by atoms with Crippen molar-refractivity contribution in [3.05, 3.63) is 0 Å². The third kappa shape index (κ3) is 2.71. The van der Waals surface area contributed by atoms with Gasteiger partial charge >= 0.3 is 0 Å². The van der Waals surface area contributed by atoms with E-state index in [1.54, 1.807) is 0 Å². The highest BCUT2D eigenvalue weighted by molar-refractivity contribution is 5.67. The summed E-state index contributed by atoms with van der Waals surface area (Å²) in [4.78, 5) is 10.6. The lowest BCUT2D eigenvalue weighted by atomic mass is 9.70. The van der Waals surface area contributed by atoms with Crippen molar-refractivity contribution in [2.24, 2.45) is 17.3 Å². The Morgan fingerprint density at radius 2 is 1.62 bits per heavy atom. The maximum atomic E-state index is 10.6. The molecular weight excluding hydrogens is 164 g/mol. The van der Waals surface area contributed by atoms with E-state index in [-0.39, 0.29) is 5.92 Å². The molecule has 0 N–H and O–H groups in total. The lowest BCUT2D eigenvalue weighted by Crippen LogP contribution is -2.36. The molecule has 0 unspecified atom stereocenters. The van der Waals surface area contributed by atoms with Gasteiger partial charge in [-0.05, 0) is 42.9 Å². The van der Waals surface area contributed by atoms with Gasteiger partial charge in [0.25, 0.3) is 0 Å². The van der Waals surface area contributed by atoms with E-state index in [1.165, 1.54) is 0 Å². The van der Waals surface area contributed by atoms with Gasteiger partial charge in [-0.25, -0.2) is 0 Å². The Bertz CT molecular complexity index is 183. The smallest absolute Gasteiger partial charge is 0.0445 e. The maximum absolute atomic E-state index is 10.6. The first-order valence-electron chi connectivity index (χ1n) is 5.12. The number of hydrogen-bond acceptors (Lipinski definition) is 2. The Balaban J connectivity index is 2.44. The molecule has 1 rings (SSSR count). The third-order valence-corrected chi connectivity index (χ3v) is 3.29. The first-order valence-corrected chi connectivity index (χ1v) is 5.12. The van der Waals surface area contributed by atoms with E-state index in [4.69, 9.17) is 0 Å². The highest BCUT2D eigenvalue weighted by Crippen LogP contribution is 2.39. The average Bonchev–Trinajstić information content (AvgIpc) is 2.03. The van der Waals surface area contributed by atoms with Crippen LogP contribution in [0.4, 0.5) is 0 Å². The fraction of sp³-hybridized carbons (Fsp3) is 0.909. The van der Waals surface area contributed by atoms with Gasteiger partial charge in [0.15, 0.2) is 0 Å². The van der Waals surface area contributed by atoms with E-state index in [0.29, 0.717) is 11.3 Å². The maximum Gasteiger partial charge on any atom is 0.0445 e. The standard InChI is InChI=1S/C11H20O2/c1-11(2,3)9-6-4-8(5-7-9)10(12)13/h8-9H,4-7H2,1-3H3,(H,12,13)/p-1. The van der Waals surface area contributed by atoms with Gasteiger partial charge in [-0.15, -0.1) is 0 Å². The molecule has 0 aliphatic heterocycles. The van der Waals surface area contributed by atoms with Gasteiger partial charge in [-0.1, -0.05) is 20.8 Å². The van der Waals surface area contributed by atoms with Crippen LogP contribution in [-0.2, 0) is 4.79 Å². The summed E-state index contributed by atoms with van der Waals surface area (Å²) in [5.74, 6) is -0.353. The van der Waals surface area contributed by atoms with Crippen LogP contribution < -0.4 is 5.11 Å². The summed E-state index contributed by atoms with van der Waals surface area (Å²) in [5, 5.41) is 10.6. The molecule has 0 saturated heterocycles. The van der Waals surface area contributed by atoms with Crippen molar-refractivity contribution in [2.75, 3.05) is 0 Å². The van der Waals surface area contributed by atoms with Crippen LogP contribution in [0.3, 0.4) is 0 Å². The minimum absolute atomic E-state index is 0.182. The second-order valence-corrected chi connectivity index (χ2v) is 5.23. The van der Waals surface area contributed by atoms with Gasteiger partial charge in [0.2, 0.25) is 0 Å². The average molecular weight is 183 g/mol. The van der Waals surface area contributed by atoms with Crippen molar-refractivity contribution < 1.29 is 9.90 Å². The van der Waals surface area contributed by atoms with E-state index >= 15 is 0 Å². The van der Waals surface area contributed by atoms with Crippen LogP contribution in [0.5, 0.6) is 0 Å². The molecule has 0 atom stereocenters. The minimum Gasteiger partial charge on any atom is -0.550 e. The molecule has 1 saturated carbocycles. The van der Waals surface area contributed by atoms with Crippen molar-refractivity contribution in [1.82, 2.24) is 0 Å². The highest BCUT2D eigenvalue weighted by atomic mass is 16.4. The SMILES string of the molecule is CC(C)(C)C1CCC(C(=O)[O-])CC1. The molecule has 13 heavy (non-hydrogen) atoms. The molecule has 2 nitrogen and oxygen atoms in total. The molecule has 1 fully saturated rings. The van der Waals surface area contributed by atoms with Gasteiger partial charge in [-0.2, -0.15) is 0 Å². The molecule has 2 heteroatoms. The van der Waals surface area contributed by atoms with E-state index in [9.17, 15) is 9.90 Å². The summed E-state index contributed by atoms with van der Waals surface area (Å²) in [6.45, 7) is 6.70. The fourth-order valence-corrected chi connectivity index (χ4v) is 2.20. The molecule has 0 heterocycles. The zero-order chi connectivity index (χ0) is 10.1. The van der Waals surface area contributed by atoms with Crippen molar-refractivity contribution in [3.63, 3.8) is 0 Å². The Morgan fingerprint density at radius 1 is 1.15 bits per heavy atom. The summed E-state index contributed by atoms with van der Waals surface area (Å²) in [5.41, 5.74) is 0.330. The molecule has 0 spiro atoms. The molecule has 0 aromatic heterocycles. The normalized spacial score (nSPS) is 30.1. The molecule has 76 valence electrons. The predicted octanol–water partition coefficient (Wildman–Crippen LogP) is 1.59. The Hall–Kier alpha value is -0.530. The van der Waals surface area contributed by atoms with Gasteiger partial charge in [0, 0.05) is 5.97 Å². The van der Waals surface area contributed by atoms with Crippen molar-refractivity contribution in [3.8, 4) is 0 Å². The molecular formula is C11H19O2-. The van der Waals surface area contributed by atoms with Gasteiger partial charge < -0.3 is 9.90 Å². The lowest BCUT2D eigenvalue weighted by molar-refractivity contribution is -0.312. The summed E-state index contributed by atoms with van der Waals surface area (Å²) in [6, 6.07) is 0. The molecule has 0 aromatic rings. The summed E-state index contributed by atoms with van der Waals surface area (Å²) >= 11 is 0. The highest BCUT2D eigenvalue weighted by Gasteiger charge is 2.29. The van der Waals surface area contributed by atoms with Gasteiger partial charge in [0.1, 0.15) is 0 Å². The molecule has 1 aliphatic rings. The number of carboxylic acids is 1. The van der Waals surface area contributed by atoms with Gasteiger partial charge in [0.05, 0.1) is 0 Å². The number of carbonyl (C=O) groups is 1. The second kappa shape index (κ2) is 3.69. The first-order chi connectivity index (χ1) is 5.91. The van der Waals surface area contributed by atoms with Crippen LogP contribution in [0.2, 0.25) is 0 Å². The first kappa shape index (κ1) is 10.6. The Kier molecular flexibility index (Phi) is 2.99. The third-order valence-electron chi connectivity index (χ3n) is 3.29. The number of hydrogen-bond donors (Lipinski definition) is 0. The van der Waals surface area contributed by atoms with Crippen LogP contribution in [0.15, 0.2) is 0 Å². The molecule has 0 bridgehead atoms. The summed E-state index contributed by atoms with van der Waals surface area (Å²) in [7, 11) is 0.